The molecule has 3 heteroatoms. The van der Waals surface area contributed by atoms with Gasteiger partial charge in [-0.25, -0.2) is 0 Å². The van der Waals surface area contributed by atoms with Gasteiger partial charge < -0.3 is 14.2 Å². The van der Waals surface area contributed by atoms with Gasteiger partial charge in [0.1, 0.15) is 0 Å². The van der Waals surface area contributed by atoms with Crippen LogP contribution in [-0.4, -0.2) is 13.4 Å². The summed E-state index contributed by atoms with van der Waals surface area (Å²) in [6, 6.07) is 5.86. The predicted octanol–water partition coefficient (Wildman–Crippen LogP) is 2.59. The first-order valence-corrected chi connectivity index (χ1v) is 4.36. The lowest BCUT2D eigenvalue weighted by atomic mass is 10.2. The van der Waals surface area contributed by atoms with Crippen LogP contribution in [0.25, 0.3) is 0 Å². The lowest BCUT2D eigenvalue weighted by molar-refractivity contribution is 0.134. The van der Waals surface area contributed by atoms with E-state index in [-0.39, 0.29) is 7.43 Å². The Labute approximate surface area is 84.6 Å². The largest absolute Gasteiger partial charge is 0.454 e. The Morgan fingerprint density at radius 1 is 1.29 bits per heavy atom. The maximum absolute atomic E-state index is 5.28. The van der Waals surface area contributed by atoms with Crippen molar-refractivity contribution in [3.05, 3.63) is 23.8 Å². The van der Waals surface area contributed by atoms with Gasteiger partial charge in [0.05, 0.1) is 6.61 Å². The van der Waals surface area contributed by atoms with Crippen molar-refractivity contribution in [1.82, 2.24) is 0 Å². The molecule has 1 heterocycles. The molecule has 0 bridgehead atoms. The fourth-order valence-electron chi connectivity index (χ4n) is 1.25. The van der Waals surface area contributed by atoms with Crippen LogP contribution in [0.4, 0.5) is 0 Å². The van der Waals surface area contributed by atoms with Crippen LogP contribution in [0.2, 0.25) is 0 Å². The molecule has 0 amide bonds. The molecule has 0 N–H and O–H groups in total. The van der Waals surface area contributed by atoms with Crippen molar-refractivity contribution in [3.8, 4) is 11.5 Å². The van der Waals surface area contributed by atoms with Gasteiger partial charge in [0.25, 0.3) is 0 Å². The average molecular weight is 196 g/mol. The molecule has 78 valence electrons. The van der Waals surface area contributed by atoms with E-state index >= 15 is 0 Å². The zero-order valence-corrected chi connectivity index (χ0v) is 7.58. The van der Waals surface area contributed by atoms with Gasteiger partial charge in [-0.05, 0) is 24.6 Å². The van der Waals surface area contributed by atoms with E-state index in [1.807, 2.05) is 25.1 Å². The van der Waals surface area contributed by atoms with E-state index in [2.05, 4.69) is 0 Å². The summed E-state index contributed by atoms with van der Waals surface area (Å²) in [5.74, 6) is 1.64. The van der Waals surface area contributed by atoms with Crippen molar-refractivity contribution in [2.24, 2.45) is 0 Å². The maximum Gasteiger partial charge on any atom is 0.231 e. The highest BCUT2D eigenvalue weighted by atomic mass is 16.7. The lowest BCUT2D eigenvalue weighted by Crippen LogP contribution is -1.93. The van der Waals surface area contributed by atoms with E-state index in [4.69, 9.17) is 14.2 Å². The van der Waals surface area contributed by atoms with Crippen molar-refractivity contribution in [3.63, 3.8) is 0 Å². The summed E-state index contributed by atoms with van der Waals surface area (Å²) in [5, 5.41) is 0. The van der Waals surface area contributed by atoms with Crippen molar-refractivity contribution < 1.29 is 14.2 Å². The van der Waals surface area contributed by atoms with Crippen molar-refractivity contribution >= 4 is 0 Å². The quantitative estimate of drug-likeness (QED) is 0.743. The molecule has 1 aromatic carbocycles. The van der Waals surface area contributed by atoms with Gasteiger partial charge in [-0.2, -0.15) is 0 Å². The van der Waals surface area contributed by atoms with Gasteiger partial charge in [0.2, 0.25) is 6.79 Å². The minimum Gasteiger partial charge on any atom is -0.454 e. The summed E-state index contributed by atoms with van der Waals surface area (Å²) in [6.07, 6.45) is 0. The topological polar surface area (TPSA) is 27.7 Å². The summed E-state index contributed by atoms with van der Waals surface area (Å²) in [7, 11) is 0. The van der Waals surface area contributed by atoms with E-state index in [0.717, 1.165) is 23.7 Å². The molecule has 0 saturated carbocycles. The Balaban J connectivity index is 0.000000980. The minimum atomic E-state index is 0. The molecular weight excluding hydrogens is 180 g/mol. The van der Waals surface area contributed by atoms with Crippen LogP contribution in [0.1, 0.15) is 19.9 Å². The van der Waals surface area contributed by atoms with Crippen LogP contribution in [0.5, 0.6) is 11.5 Å². The van der Waals surface area contributed by atoms with Crippen LogP contribution < -0.4 is 9.47 Å². The highest BCUT2D eigenvalue weighted by molar-refractivity contribution is 5.44. The second kappa shape index (κ2) is 4.86. The molecule has 1 aromatic rings. The molecule has 0 unspecified atom stereocenters. The van der Waals surface area contributed by atoms with E-state index in [1.165, 1.54) is 0 Å². The Kier molecular flexibility index (Phi) is 3.77. The van der Waals surface area contributed by atoms with E-state index in [9.17, 15) is 0 Å². The molecule has 0 atom stereocenters. The summed E-state index contributed by atoms with van der Waals surface area (Å²) in [5.41, 5.74) is 1.12. The minimum absolute atomic E-state index is 0. The first-order valence-electron chi connectivity index (χ1n) is 4.36. The molecule has 0 fully saturated rings. The van der Waals surface area contributed by atoms with Gasteiger partial charge in [0, 0.05) is 6.61 Å². The number of fused-ring (bicyclic) bond motifs is 1. The molecule has 2 rings (SSSR count). The first-order chi connectivity index (χ1) is 6.40. The van der Waals surface area contributed by atoms with E-state index in [1.54, 1.807) is 0 Å². The van der Waals surface area contributed by atoms with Gasteiger partial charge in [-0.1, -0.05) is 13.5 Å². The zero-order valence-electron chi connectivity index (χ0n) is 7.58. The van der Waals surface area contributed by atoms with Gasteiger partial charge in [0.15, 0.2) is 11.5 Å². The van der Waals surface area contributed by atoms with Crippen molar-refractivity contribution in [2.45, 2.75) is 21.0 Å². The number of ether oxygens (including phenoxy) is 3. The molecule has 0 aromatic heterocycles. The van der Waals surface area contributed by atoms with E-state index in [0.29, 0.717) is 13.4 Å². The maximum atomic E-state index is 5.28. The highest BCUT2D eigenvalue weighted by Gasteiger charge is 2.12. The fourth-order valence-corrected chi connectivity index (χ4v) is 1.25. The standard InChI is InChI=1S/C10H12O3.CH4/c1-2-11-6-8-3-4-9-10(5-8)13-7-12-9;/h3-5H,2,6-7H2,1H3;1H4. The first kappa shape index (κ1) is 10.9. The summed E-state index contributed by atoms with van der Waals surface area (Å²) >= 11 is 0. The lowest BCUT2D eigenvalue weighted by Gasteiger charge is -2.02. The van der Waals surface area contributed by atoms with Gasteiger partial charge >= 0.3 is 0 Å². The molecule has 14 heavy (non-hydrogen) atoms. The number of rotatable bonds is 3. The normalized spacial score (nSPS) is 12.4. The van der Waals surface area contributed by atoms with Crippen LogP contribution in [-0.2, 0) is 11.3 Å². The van der Waals surface area contributed by atoms with Gasteiger partial charge in [-0.15, -0.1) is 0 Å². The van der Waals surface area contributed by atoms with E-state index < -0.39 is 0 Å². The number of hydrogen-bond acceptors (Lipinski definition) is 3. The van der Waals surface area contributed by atoms with Crippen LogP contribution in [0.3, 0.4) is 0 Å². The highest BCUT2D eigenvalue weighted by Crippen LogP contribution is 2.32. The molecule has 0 saturated heterocycles. The van der Waals surface area contributed by atoms with Crippen LogP contribution in [0, 0.1) is 0 Å². The zero-order chi connectivity index (χ0) is 9.10. The fraction of sp³-hybridized carbons (Fsp3) is 0.455. The van der Waals surface area contributed by atoms with Crippen molar-refractivity contribution in [1.29, 1.82) is 0 Å². The second-order valence-electron chi connectivity index (χ2n) is 2.82. The number of hydrogen-bond donors (Lipinski definition) is 0. The Bertz CT molecular complexity index is 297. The van der Waals surface area contributed by atoms with Crippen LogP contribution >= 0.6 is 0 Å². The molecule has 1 aliphatic heterocycles. The Morgan fingerprint density at radius 3 is 2.86 bits per heavy atom. The third-order valence-electron chi connectivity index (χ3n) is 1.91. The van der Waals surface area contributed by atoms with Crippen molar-refractivity contribution in [2.75, 3.05) is 13.4 Å². The molecule has 0 aliphatic carbocycles. The average Bonchev–Trinajstić information content (AvgIpc) is 2.61. The molecule has 0 radical (unpaired) electrons. The molecular formula is C11H16O3. The SMILES string of the molecule is C.CCOCc1ccc2c(c1)OCO2. The summed E-state index contributed by atoms with van der Waals surface area (Å²) < 4.78 is 15.7. The van der Waals surface area contributed by atoms with Crippen LogP contribution in [0.15, 0.2) is 18.2 Å². The Morgan fingerprint density at radius 2 is 2.07 bits per heavy atom. The summed E-state index contributed by atoms with van der Waals surface area (Å²) in [4.78, 5) is 0. The molecule has 1 aliphatic rings. The van der Waals surface area contributed by atoms with Gasteiger partial charge in [-0.3, -0.25) is 0 Å². The summed E-state index contributed by atoms with van der Waals surface area (Å²) in [6.45, 7) is 3.67. The smallest absolute Gasteiger partial charge is 0.231 e. The monoisotopic (exact) mass is 196 g/mol. The molecule has 3 nitrogen and oxygen atoms in total. The Hall–Kier alpha value is -1.22. The second-order valence-corrected chi connectivity index (χ2v) is 2.82. The third-order valence-corrected chi connectivity index (χ3v) is 1.91. The molecule has 0 spiro atoms. The third kappa shape index (κ3) is 2.17. The number of benzene rings is 1. The predicted molar refractivity (Wildman–Crippen MR) is 54.6 cm³/mol.